The number of hydrogen-bond donors (Lipinski definition) is 0. The van der Waals surface area contributed by atoms with Crippen LogP contribution in [0.1, 0.15) is 58.3 Å². The van der Waals surface area contributed by atoms with E-state index in [1.165, 1.54) is 19.2 Å². The number of allylic oxidation sites excluding steroid dienone is 3. The summed E-state index contributed by atoms with van der Waals surface area (Å²) in [6, 6.07) is 16.4. The number of fused-ring (bicyclic) bond motifs is 1. The molecule has 8 nitrogen and oxygen atoms in total. The van der Waals surface area contributed by atoms with Gasteiger partial charge < -0.3 is 18.8 Å². The Bertz CT molecular complexity index is 1870. The molecule has 1 aromatic heterocycles. The Hall–Kier alpha value is -5.14. The van der Waals surface area contributed by atoms with Crippen molar-refractivity contribution in [3.63, 3.8) is 0 Å². The highest BCUT2D eigenvalue weighted by atomic mass is 19.1. The monoisotopic (exact) mass is 624 g/mol. The minimum atomic E-state index is -0.546. The lowest BCUT2D eigenvalue weighted by molar-refractivity contribution is 0.0601. The molecule has 4 aromatic rings. The lowest BCUT2D eigenvalue weighted by Crippen LogP contribution is -2.27. The van der Waals surface area contributed by atoms with Gasteiger partial charge in [-0.1, -0.05) is 38.1 Å². The third-order valence-electron chi connectivity index (χ3n) is 8.05. The number of hydrogen-bond acceptors (Lipinski definition) is 7. The SMILES string of the molecule is C=N/C(=C\C=C/Cc1cc(F)c(Cc2nc3ccc(C(=O)OC)cc3n2[C@@H]2COCC2(C)C)cc1F)OCc1ccc(C#N)cc1. The number of esters is 1. The summed E-state index contributed by atoms with van der Waals surface area (Å²) >= 11 is 0. The van der Waals surface area contributed by atoms with Crippen molar-refractivity contribution in [2.75, 3.05) is 20.3 Å². The van der Waals surface area contributed by atoms with Crippen LogP contribution in [0.5, 0.6) is 0 Å². The molecule has 10 heteroatoms. The number of ether oxygens (including phenoxy) is 3. The number of methoxy groups -OCH3 is 1. The molecule has 0 bridgehead atoms. The normalized spacial score (nSPS) is 16.1. The Morgan fingerprint density at radius 3 is 2.59 bits per heavy atom. The van der Waals surface area contributed by atoms with Crippen LogP contribution in [0.3, 0.4) is 0 Å². The maximum Gasteiger partial charge on any atom is 0.337 e. The second kappa shape index (κ2) is 13.9. The number of benzene rings is 3. The van der Waals surface area contributed by atoms with E-state index in [9.17, 15) is 4.79 Å². The Labute approximate surface area is 266 Å². The summed E-state index contributed by atoms with van der Waals surface area (Å²) in [6.45, 7) is 8.86. The van der Waals surface area contributed by atoms with Crippen molar-refractivity contribution in [2.45, 2.75) is 39.3 Å². The molecular weight excluding hydrogens is 590 g/mol. The van der Waals surface area contributed by atoms with Crippen LogP contribution in [0.15, 0.2) is 83.7 Å². The number of aliphatic imine (C=N–C) groups is 1. The molecule has 0 radical (unpaired) electrons. The van der Waals surface area contributed by atoms with Crippen LogP contribution in [-0.2, 0) is 33.7 Å². The number of aromatic nitrogens is 2. The van der Waals surface area contributed by atoms with Crippen LogP contribution in [0.25, 0.3) is 11.0 Å². The molecule has 236 valence electrons. The summed E-state index contributed by atoms with van der Waals surface area (Å²) in [5.41, 5.74) is 3.23. The maximum absolute atomic E-state index is 15.5. The fraction of sp³-hybridized carbons (Fsp3) is 0.278. The second-order valence-electron chi connectivity index (χ2n) is 11.7. The Morgan fingerprint density at radius 1 is 1.17 bits per heavy atom. The fourth-order valence-corrected chi connectivity index (χ4v) is 5.46. The molecule has 1 atom stereocenters. The van der Waals surface area contributed by atoms with E-state index in [1.807, 2.05) is 4.57 Å². The summed E-state index contributed by atoms with van der Waals surface area (Å²) in [5, 5.41) is 8.92. The molecule has 0 spiro atoms. The van der Waals surface area contributed by atoms with Crippen molar-refractivity contribution in [1.82, 2.24) is 9.55 Å². The molecular formula is C36H34F2N4O4. The lowest BCUT2D eigenvalue weighted by atomic mass is 9.87. The standard InChI is InChI=1S/C36H34F2N4O4/c1-36(2)22-45-21-32(36)42-31-17-26(35(43)44-4)13-14-30(31)41-33(42)18-27-16-28(37)25(15-29(27)38)7-5-6-8-34(40-3)46-20-24-11-9-23(19-39)10-12-24/h5-6,8-17,32H,3,7,18,20-22H2,1-2,4H3/b6-5-,34-8+/t32-/m1/s1. The summed E-state index contributed by atoms with van der Waals surface area (Å²) < 4.78 is 49.1. The van der Waals surface area contributed by atoms with Crippen molar-refractivity contribution in [2.24, 2.45) is 10.4 Å². The predicted molar refractivity (Wildman–Crippen MR) is 170 cm³/mol. The van der Waals surface area contributed by atoms with Gasteiger partial charge >= 0.3 is 5.97 Å². The van der Waals surface area contributed by atoms with Crippen molar-refractivity contribution < 1.29 is 27.8 Å². The molecule has 0 aliphatic carbocycles. The number of imidazole rings is 1. The van der Waals surface area contributed by atoms with Gasteiger partial charge in [0.25, 0.3) is 0 Å². The molecule has 0 saturated carbocycles. The van der Waals surface area contributed by atoms with Crippen LogP contribution in [0.4, 0.5) is 8.78 Å². The van der Waals surface area contributed by atoms with Gasteiger partial charge in [0.15, 0.2) is 0 Å². The summed E-state index contributed by atoms with van der Waals surface area (Å²) in [6.07, 6.45) is 5.09. The van der Waals surface area contributed by atoms with Crippen LogP contribution in [0, 0.1) is 28.4 Å². The molecule has 1 aliphatic rings. The highest BCUT2D eigenvalue weighted by molar-refractivity contribution is 5.93. The molecule has 0 N–H and O–H groups in total. The van der Waals surface area contributed by atoms with Gasteiger partial charge in [0, 0.05) is 11.8 Å². The molecule has 46 heavy (non-hydrogen) atoms. The van der Waals surface area contributed by atoms with E-state index >= 15 is 8.78 Å². The van der Waals surface area contributed by atoms with Crippen LogP contribution >= 0.6 is 0 Å². The predicted octanol–water partition coefficient (Wildman–Crippen LogP) is 7.02. The van der Waals surface area contributed by atoms with E-state index in [1.54, 1.807) is 60.7 Å². The molecule has 3 aromatic carbocycles. The van der Waals surface area contributed by atoms with E-state index in [4.69, 9.17) is 24.5 Å². The zero-order valence-corrected chi connectivity index (χ0v) is 25.9. The van der Waals surface area contributed by atoms with Gasteiger partial charge in [0.05, 0.1) is 54.6 Å². The number of halogens is 2. The molecule has 2 heterocycles. The van der Waals surface area contributed by atoms with Gasteiger partial charge in [0.1, 0.15) is 24.1 Å². The van der Waals surface area contributed by atoms with Gasteiger partial charge in [-0.05, 0) is 78.4 Å². The minimum Gasteiger partial charge on any atom is -0.473 e. The first kappa shape index (κ1) is 32.3. The van der Waals surface area contributed by atoms with E-state index in [0.717, 1.165) is 5.56 Å². The third-order valence-corrected chi connectivity index (χ3v) is 8.05. The third kappa shape index (κ3) is 7.05. The van der Waals surface area contributed by atoms with E-state index in [-0.39, 0.29) is 47.9 Å². The van der Waals surface area contributed by atoms with Crippen molar-refractivity contribution in [3.8, 4) is 6.07 Å². The first-order chi connectivity index (χ1) is 22.1. The first-order valence-corrected chi connectivity index (χ1v) is 14.7. The molecule has 0 amide bonds. The van der Waals surface area contributed by atoms with E-state index in [0.29, 0.717) is 41.2 Å². The van der Waals surface area contributed by atoms with E-state index < -0.39 is 17.6 Å². The van der Waals surface area contributed by atoms with Gasteiger partial charge in [-0.15, -0.1) is 0 Å². The molecule has 1 aliphatic heterocycles. The van der Waals surface area contributed by atoms with Gasteiger partial charge in [-0.2, -0.15) is 5.26 Å². The average molecular weight is 625 g/mol. The highest BCUT2D eigenvalue weighted by Gasteiger charge is 2.39. The number of nitrogens with zero attached hydrogens (tertiary/aromatic N) is 4. The molecule has 1 saturated heterocycles. The zero-order valence-electron chi connectivity index (χ0n) is 25.9. The largest absolute Gasteiger partial charge is 0.473 e. The van der Waals surface area contributed by atoms with Crippen LogP contribution in [-0.4, -0.2) is 42.6 Å². The van der Waals surface area contributed by atoms with Gasteiger partial charge in [-0.3, -0.25) is 0 Å². The summed E-state index contributed by atoms with van der Waals surface area (Å²) in [7, 11) is 1.32. The Morgan fingerprint density at radius 2 is 1.91 bits per heavy atom. The van der Waals surface area contributed by atoms with Gasteiger partial charge in [-0.25, -0.2) is 23.6 Å². The van der Waals surface area contributed by atoms with Crippen LogP contribution < -0.4 is 0 Å². The number of carbonyl (C=O) groups excluding carboxylic acids is 1. The Balaban J connectivity index is 1.34. The summed E-state index contributed by atoms with van der Waals surface area (Å²) in [5.74, 6) is -0.749. The van der Waals surface area contributed by atoms with Crippen LogP contribution in [0.2, 0.25) is 0 Å². The highest BCUT2D eigenvalue weighted by Crippen LogP contribution is 2.40. The molecule has 1 fully saturated rings. The number of rotatable bonds is 11. The van der Waals surface area contributed by atoms with Crippen molar-refractivity contribution in [1.29, 1.82) is 5.26 Å². The minimum absolute atomic E-state index is 0.0430. The summed E-state index contributed by atoms with van der Waals surface area (Å²) in [4.78, 5) is 20.9. The van der Waals surface area contributed by atoms with Crippen molar-refractivity contribution >= 4 is 23.7 Å². The average Bonchev–Trinajstić information content (AvgIpc) is 3.59. The lowest BCUT2D eigenvalue weighted by Gasteiger charge is -2.28. The molecule has 5 rings (SSSR count). The number of carbonyl (C=O) groups is 1. The topological polar surface area (TPSA) is 98.7 Å². The second-order valence-corrected chi connectivity index (χ2v) is 11.7. The first-order valence-electron chi connectivity index (χ1n) is 14.7. The van der Waals surface area contributed by atoms with Gasteiger partial charge in [0.2, 0.25) is 5.88 Å². The maximum atomic E-state index is 15.5. The van der Waals surface area contributed by atoms with E-state index in [2.05, 4.69) is 31.6 Å². The number of nitriles is 1. The van der Waals surface area contributed by atoms with Crippen molar-refractivity contribution in [3.05, 3.63) is 124 Å². The molecule has 0 unspecified atom stereocenters. The smallest absolute Gasteiger partial charge is 0.337 e. The Kier molecular flexibility index (Phi) is 9.73. The zero-order chi connectivity index (χ0) is 32.8. The fourth-order valence-electron chi connectivity index (χ4n) is 5.46. The quantitative estimate of drug-likeness (QED) is 0.0770.